The van der Waals surface area contributed by atoms with Crippen molar-refractivity contribution in [1.82, 2.24) is 20.1 Å². The van der Waals surface area contributed by atoms with Crippen LogP contribution in [-0.4, -0.2) is 25.8 Å². The molecule has 0 atom stereocenters. The molecule has 0 aliphatic rings. The number of benzene rings is 1. The molecule has 2 N–H and O–H groups in total. The lowest BCUT2D eigenvalue weighted by molar-refractivity contribution is 0.0683. The maximum atomic E-state index is 13.0. The topological polar surface area (TPSA) is 80.0 Å². The van der Waals surface area contributed by atoms with Crippen LogP contribution >= 0.6 is 11.3 Å². The fourth-order valence-corrected chi connectivity index (χ4v) is 3.15. The number of hydrogen-bond acceptors (Lipinski definition) is 5. The van der Waals surface area contributed by atoms with Crippen LogP contribution in [-0.2, 0) is 20.1 Å². The van der Waals surface area contributed by atoms with Crippen LogP contribution in [0.3, 0.4) is 0 Å². The van der Waals surface area contributed by atoms with Crippen LogP contribution in [0.25, 0.3) is 10.6 Å². The van der Waals surface area contributed by atoms with Crippen molar-refractivity contribution in [2.75, 3.05) is 0 Å². The Bertz CT molecular complexity index is 857. The molecule has 0 radical (unpaired) electrons. The molecule has 0 saturated heterocycles. The Kier molecular flexibility index (Phi) is 4.68. The number of aryl methyl sites for hydroxylation is 1. The Morgan fingerprint density at radius 2 is 2.08 bits per heavy atom. The predicted molar refractivity (Wildman–Crippen MR) is 88.2 cm³/mol. The number of nitrogens with zero attached hydrogens (tertiary/aromatic N) is 3. The van der Waals surface area contributed by atoms with E-state index in [4.69, 9.17) is 0 Å². The summed E-state index contributed by atoms with van der Waals surface area (Å²) in [6, 6.07) is 6.20. The second-order valence-electron chi connectivity index (χ2n) is 5.20. The van der Waals surface area contributed by atoms with Gasteiger partial charge in [0, 0.05) is 36.6 Å². The number of nitrogens with one attached hydrogen (secondary N) is 1. The minimum atomic E-state index is -1.00. The number of carboxylic acid groups (broad SMARTS) is 1. The summed E-state index contributed by atoms with van der Waals surface area (Å²) in [6.07, 6.45) is 1.54. The van der Waals surface area contributed by atoms with E-state index in [1.165, 1.54) is 28.2 Å². The third-order valence-electron chi connectivity index (χ3n) is 3.48. The highest BCUT2D eigenvalue weighted by atomic mass is 32.1. The van der Waals surface area contributed by atoms with Gasteiger partial charge in [-0.1, -0.05) is 0 Å². The van der Waals surface area contributed by atoms with Crippen molar-refractivity contribution in [2.45, 2.75) is 13.1 Å². The van der Waals surface area contributed by atoms with E-state index in [2.05, 4.69) is 15.4 Å². The summed E-state index contributed by atoms with van der Waals surface area (Å²) in [4.78, 5) is 15.7. The highest BCUT2D eigenvalue weighted by molar-refractivity contribution is 7.13. The van der Waals surface area contributed by atoms with Crippen molar-refractivity contribution in [1.29, 1.82) is 0 Å². The van der Waals surface area contributed by atoms with Crippen molar-refractivity contribution < 1.29 is 14.3 Å². The zero-order chi connectivity index (χ0) is 17.1. The number of hydrogen-bond donors (Lipinski definition) is 2. The highest BCUT2D eigenvalue weighted by Crippen LogP contribution is 2.23. The molecule has 0 spiro atoms. The van der Waals surface area contributed by atoms with Crippen molar-refractivity contribution in [2.24, 2.45) is 7.05 Å². The number of thiazole rings is 1. The first-order valence-electron chi connectivity index (χ1n) is 7.20. The molecule has 3 aromatic rings. The Morgan fingerprint density at radius 3 is 2.79 bits per heavy atom. The van der Waals surface area contributed by atoms with Crippen LogP contribution in [0.4, 0.5) is 4.39 Å². The van der Waals surface area contributed by atoms with Gasteiger partial charge in [0.05, 0.1) is 11.9 Å². The van der Waals surface area contributed by atoms with Gasteiger partial charge in [-0.3, -0.25) is 4.68 Å². The molecule has 0 aliphatic carbocycles. The average molecular weight is 346 g/mol. The summed E-state index contributed by atoms with van der Waals surface area (Å²) < 4.78 is 14.3. The average Bonchev–Trinajstić information content (AvgIpc) is 3.15. The molecule has 24 heavy (non-hydrogen) atoms. The summed E-state index contributed by atoms with van der Waals surface area (Å²) in [5, 5.41) is 19.1. The summed E-state index contributed by atoms with van der Waals surface area (Å²) in [7, 11) is 1.60. The molecule has 2 heterocycles. The van der Waals surface area contributed by atoms with Gasteiger partial charge >= 0.3 is 5.97 Å². The molecule has 1 aromatic carbocycles. The van der Waals surface area contributed by atoms with E-state index in [9.17, 15) is 14.3 Å². The molecular formula is C16H15FN4O2S. The number of carbonyl (C=O) groups is 1. The second-order valence-corrected chi connectivity index (χ2v) is 6.06. The Balaban J connectivity index is 1.62. The smallest absolute Gasteiger partial charge is 0.354 e. The quantitative estimate of drug-likeness (QED) is 0.717. The van der Waals surface area contributed by atoms with E-state index in [1.807, 2.05) is 5.38 Å². The van der Waals surface area contributed by atoms with E-state index < -0.39 is 5.97 Å². The van der Waals surface area contributed by atoms with Crippen LogP contribution in [0.5, 0.6) is 0 Å². The second kappa shape index (κ2) is 6.90. The third-order valence-corrected chi connectivity index (χ3v) is 4.42. The van der Waals surface area contributed by atoms with E-state index in [0.29, 0.717) is 18.7 Å². The first-order valence-corrected chi connectivity index (χ1v) is 8.08. The van der Waals surface area contributed by atoms with Gasteiger partial charge in [0.15, 0.2) is 0 Å². The standard InChI is InChI=1S/C16H15FN4O2S/c1-21-14(16(22)23)11(7-19-21)6-18-8-13-9-24-15(20-13)10-2-4-12(17)5-3-10/h2-5,7,9,18H,6,8H2,1H3,(H,22,23). The molecule has 0 bridgehead atoms. The molecule has 0 fully saturated rings. The zero-order valence-corrected chi connectivity index (χ0v) is 13.7. The highest BCUT2D eigenvalue weighted by Gasteiger charge is 2.15. The molecule has 0 amide bonds. The lowest BCUT2D eigenvalue weighted by Crippen LogP contribution is -2.16. The first-order chi connectivity index (χ1) is 11.5. The Labute approximate surface area is 141 Å². The number of aromatic nitrogens is 3. The van der Waals surface area contributed by atoms with Crippen LogP contribution in [0.2, 0.25) is 0 Å². The normalized spacial score (nSPS) is 10.9. The Morgan fingerprint density at radius 1 is 1.33 bits per heavy atom. The van der Waals surface area contributed by atoms with Crippen molar-refractivity contribution >= 4 is 17.3 Å². The molecule has 6 nitrogen and oxygen atoms in total. The molecular weight excluding hydrogens is 331 g/mol. The monoisotopic (exact) mass is 346 g/mol. The maximum Gasteiger partial charge on any atom is 0.354 e. The van der Waals surface area contributed by atoms with Gasteiger partial charge in [0.1, 0.15) is 16.5 Å². The first kappa shape index (κ1) is 16.3. The van der Waals surface area contributed by atoms with E-state index in [1.54, 1.807) is 25.4 Å². The fraction of sp³-hybridized carbons (Fsp3) is 0.188. The van der Waals surface area contributed by atoms with E-state index in [-0.39, 0.29) is 11.5 Å². The van der Waals surface area contributed by atoms with Crippen LogP contribution in [0.1, 0.15) is 21.7 Å². The van der Waals surface area contributed by atoms with E-state index >= 15 is 0 Å². The fourth-order valence-electron chi connectivity index (χ4n) is 2.33. The van der Waals surface area contributed by atoms with Crippen molar-refractivity contribution in [3.05, 3.63) is 58.6 Å². The van der Waals surface area contributed by atoms with Gasteiger partial charge in [-0.05, 0) is 24.3 Å². The number of carboxylic acids is 1. The summed E-state index contributed by atoms with van der Waals surface area (Å²) >= 11 is 1.48. The molecule has 2 aromatic heterocycles. The predicted octanol–water partition coefficient (Wildman–Crippen LogP) is 2.67. The summed E-state index contributed by atoms with van der Waals surface area (Å²) in [5.41, 5.74) is 2.51. The van der Waals surface area contributed by atoms with Gasteiger partial charge in [-0.15, -0.1) is 11.3 Å². The largest absolute Gasteiger partial charge is 0.477 e. The molecule has 124 valence electrons. The minimum Gasteiger partial charge on any atom is -0.477 e. The lowest BCUT2D eigenvalue weighted by Gasteiger charge is -2.03. The SMILES string of the molecule is Cn1ncc(CNCc2csc(-c3ccc(F)cc3)n2)c1C(=O)O. The summed E-state index contributed by atoms with van der Waals surface area (Å²) in [6.45, 7) is 0.893. The van der Waals surface area contributed by atoms with Crippen LogP contribution in [0, 0.1) is 5.82 Å². The van der Waals surface area contributed by atoms with Crippen molar-refractivity contribution in [3.63, 3.8) is 0 Å². The number of aromatic carboxylic acids is 1. The van der Waals surface area contributed by atoms with Crippen LogP contribution < -0.4 is 5.32 Å². The number of halogens is 1. The van der Waals surface area contributed by atoms with Crippen LogP contribution in [0.15, 0.2) is 35.8 Å². The van der Waals surface area contributed by atoms with Gasteiger partial charge in [0.2, 0.25) is 0 Å². The number of rotatable bonds is 6. The lowest BCUT2D eigenvalue weighted by atomic mass is 10.2. The van der Waals surface area contributed by atoms with Crippen molar-refractivity contribution in [3.8, 4) is 10.6 Å². The molecule has 3 rings (SSSR count). The third kappa shape index (κ3) is 3.50. The molecule has 0 saturated carbocycles. The summed E-state index contributed by atoms with van der Waals surface area (Å²) in [5.74, 6) is -1.28. The molecule has 0 unspecified atom stereocenters. The Hall–Kier alpha value is -2.58. The maximum absolute atomic E-state index is 13.0. The van der Waals surface area contributed by atoms with Gasteiger partial charge in [0.25, 0.3) is 0 Å². The zero-order valence-electron chi connectivity index (χ0n) is 12.9. The van der Waals surface area contributed by atoms with Gasteiger partial charge in [-0.25, -0.2) is 14.2 Å². The molecule has 8 heteroatoms. The van der Waals surface area contributed by atoms with E-state index in [0.717, 1.165) is 16.3 Å². The molecule has 0 aliphatic heterocycles. The van der Waals surface area contributed by atoms with Gasteiger partial charge in [-0.2, -0.15) is 5.10 Å². The van der Waals surface area contributed by atoms with Gasteiger partial charge < -0.3 is 10.4 Å². The minimum absolute atomic E-state index is 0.174.